The number of nitrogens with one attached hydrogen (secondary N) is 2. The summed E-state index contributed by atoms with van der Waals surface area (Å²) in [5, 5.41) is 15.4. The Bertz CT molecular complexity index is 915. The summed E-state index contributed by atoms with van der Waals surface area (Å²) >= 11 is 0. The maximum absolute atomic E-state index is 13.0. The van der Waals surface area contributed by atoms with Crippen LogP contribution in [0, 0.1) is 17.2 Å². The maximum atomic E-state index is 13.0. The highest BCUT2D eigenvalue weighted by molar-refractivity contribution is 6.00. The highest BCUT2D eigenvalue weighted by Crippen LogP contribution is 2.57. The molecule has 4 aliphatic rings. The van der Waals surface area contributed by atoms with Crippen LogP contribution in [0.15, 0.2) is 12.3 Å². The summed E-state index contributed by atoms with van der Waals surface area (Å²) in [5.74, 6) is 0.621. The van der Waals surface area contributed by atoms with Crippen LogP contribution in [0.1, 0.15) is 69.4 Å². The molecule has 0 aromatic carbocycles. The second kappa shape index (κ2) is 6.86. The molecule has 1 unspecified atom stereocenters. The average Bonchev–Trinajstić information content (AvgIpc) is 2.96. The molecule has 2 amide bonds. The number of aromatic nitrogens is 1. The van der Waals surface area contributed by atoms with Crippen LogP contribution in [0.4, 0.5) is 10.5 Å². The molecule has 1 saturated heterocycles. The zero-order chi connectivity index (χ0) is 21.7. The molecule has 2 bridgehead atoms. The molecule has 3 aliphatic carbocycles. The lowest BCUT2D eigenvalue weighted by molar-refractivity contribution is -0.0438. The van der Waals surface area contributed by atoms with Crippen molar-refractivity contribution in [2.75, 3.05) is 18.0 Å². The summed E-state index contributed by atoms with van der Waals surface area (Å²) in [7, 11) is 0. The fourth-order valence-corrected chi connectivity index (χ4v) is 4.70. The largest absolute Gasteiger partial charge is 0.444 e. The van der Waals surface area contributed by atoms with Crippen LogP contribution in [0.2, 0.25) is 0 Å². The third kappa shape index (κ3) is 3.93. The van der Waals surface area contributed by atoms with Crippen molar-refractivity contribution in [2.24, 2.45) is 5.92 Å². The zero-order valence-corrected chi connectivity index (χ0v) is 18.0. The van der Waals surface area contributed by atoms with Gasteiger partial charge >= 0.3 is 6.09 Å². The quantitative estimate of drug-likeness (QED) is 0.789. The number of rotatable bonds is 4. The Morgan fingerprint density at radius 2 is 2.00 bits per heavy atom. The molecular weight excluding hydrogens is 382 g/mol. The van der Waals surface area contributed by atoms with E-state index in [1.54, 1.807) is 6.07 Å². The highest BCUT2D eigenvalue weighted by Gasteiger charge is 2.57. The maximum Gasteiger partial charge on any atom is 0.408 e. The minimum atomic E-state index is -0.571. The van der Waals surface area contributed by atoms with Crippen LogP contribution in [0.25, 0.3) is 0 Å². The lowest BCUT2D eigenvalue weighted by Gasteiger charge is -2.61. The van der Waals surface area contributed by atoms with Crippen LogP contribution in [0.5, 0.6) is 0 Å². The SMILES string of the molecule is CC1(NC(=O)OC(C)(C)C)CCN(c2cc(C#N)ncc2C(=O)NC23CC(C2)C3)C1. The number of hydrogen-bond acceptors (Lipinski definition) is 6. The summed E-state index contributed by atoms with van der Waals surface area (Å²) in [5.41, 5.74) is 0.310. The standard InChI is InChI=1S/C22H29N5O3/c1-20(2,3)30-19(29)26-21(4)5-6-27(13-21)17-7-15(11-23)24-12-16(17)18(28)25-22-8-14(9-22)10-22/h7,12,14H,5-6,8-10,13H2,1-4H3,(H,25,28)(H,26,29). The first-order valence-electron chi connectivity index (χ1n) is 10.5. The van der Waals surface area contributed by atoms with Gasteiger partial charge in [0, 0.05) is 24.8 Å². The number of amides is 2. The number of hydrogen-bond donors (Lipinski definition) is 2. The monoisotopic (exact) mass is 411 g/mol. The molecule has 1 aromatic heterocycles. The first kappa shape index (κ1) is 20.5. The van der Waals surface area contributed by atoms with Gasteiger partial charge in [0.1, 0.15) is 17.4 Å². The molecule has 3 saturated carbocycles. The van der Waals surface area contributed by atoms with E-state index in [0.29, 0.717) is 30.8 Å². The summed E-state index contributed by atoms with van der Waals surface area (Å²) in [4.78, 5) is 31.4. The Morgan fingerprint density at radius 1 is 1.30 bits per heavy atom. The number of pyridine rings is 1. The van der Waals surface area contributed by atoms with E-state index in [9.17, 15) is 14.9 Å². The van der Waals surface area contributed by atoms with Crippen molar-refractivity contribution in [1.82, 2.24) is 15.6 Å². The third-order valence-electron chi connectivity index (χ3n) is 6.27. The molecule has 1 aliphatic heterocycles. The van der Waals surface area contributed by atoms with Crippen molar-refractivity contribution in [1.29, 1.82) is 5.26 Å². The number of nitrogens with zero attached hydrogens (tertiary/aromatic N) is 3. The zero-order valence-electron chi connectivity index (χ0n) is 18.0. The second-order valence-electron chi connectivity index (χ2n) is 10.3. The average molecular weight is 412 g/mol. The molecule has 4 fully saturated rings. The number of carbonyl (C=O) groups excluding carboxylic acids is 2. The number of anilines is 1. The van der Waals surface area contributed by atoms with E-state index in [4.69, 9.17) is 4.74 Å². The van der Waals surface area contributed by atoms with E-state index in [1.165, 1.54) is 6.20 Å². The molecular formula is C22H29N5O3. The summed E-state index contributed by atoms with van der Waals surface area (Å²) < 4.78 is 5.40. The van der Waals surface area contributed by atoms with Crippen molar-refractivity contribution in [2.45, 2.75) is 70.1 Å². The van der Waals surface area contributed by atoms with Gasteiger partial charge in [0.15, 0.2) is 0 Å². The van der Waals surface area contributed by atoms with Crippen LogP contribution >= 0.6 is 0 Å². The molecule has 30 heavy (non-hydrogen) atoms. The molecule has 2 heterocycles. The van der Waals surface area contributed by atoms with Gasteiger partial charge in [-0.05, 0) is 65.4 Å². The van der Waals surface area contributed by atoms with Gasteiger partial charge in [-0.2, -0.15) is 5.26 Å². The molecule has 8 heteroatoms. The van der Waals surface area contributed by atoms with Crippen molar-refractivity contribution in [3.63, 3.8) is 0 Å². The third-order valence-corrected chi connectivity index (χ3v) is 6.27. The van der Waals surface area contributed by atoms with E-state index >= 15 is 0 Å². The van der Waals surface area contributed by atoms with E-state index < -0.39 is 17.2 Å². The Kier molecular flexibility index (Phi) is 4.68. The Hall–Kier alpha value is -2.82. The predicted molar refractivity (Wildman–Crippen MR) is 111 cm³/mol. The van der Waals surface area contributed by atoms with Crippen molar-refractivity contribution in [3.05, 3.63) is 23.5 Å². The van der Waals surface area contributed by atoms with Crippen LogP contribution in [-0.2, 0) is 4.74 Å². The van der Waals surface area contributed by atoms with Gasteiger partial charge < -0.3 is 20.3 Å². The topological polar surface area (TPSA) is 107 Å². The minimum absolute atomic E-state index is 0.0370. The molecule has 8 nitrogen and oxygen atoms in total. The fourth-order valence-electron chi connectivity index (χ4n) is 4.70. The molecule has 1 atom stereocenters. The van der Waals surface area contributed by atoms with Gasteiger partial charge in [0.25, 0.3) is 5.91 Å². The fraction of sp³-hybridized carbons (Fsp3) is 0.636. The van der Waals surface area contributed by atoms with E-state index in [1.807, 2.05) is 32.6 Å². The van der Waals surface area contributed by atoms with E-state index in [-0.39, 0.29) is 17.1 Å². The Labute approximate surface area is 177 Å². The first-order chi connectivity index (χ1) is 14.0. The molecule has 1 aromatic rings. The summed E-state index contributed by atoms with van der Waals surface area (Å²) in [6.07, 6.45) is 4.90. The number of alkyl carbamates (subject to hydrolysis) is 1. The summed E-state index contributed by atoms with van der Waals surface area (Å²) in [6, 6.07) is 3.72. The van der Waals surface area contributed by atoms with Crippen molar-refractivity contribution >= 4 is 17.7 Å². The van der Waals surface area contributed by atoms with Crippen molar-refractivity contribution in [3.8, 4) is 6.07 Å². The van der Waals surface area contributed by atoms with Crippen LogP contribution in [-0.4, -0.2) is 46.8 Å². The van der Waals surface area contributed by atoms with E-state index in [0.717, 1.165) is 25.2 Å². The smallest absolute Gasteiger partial charge is 0.408 e. The van der Waals surface area contributed by atoms with Gasteiger partial charge in [-0.3, -0.25) is 4.79 Å². The normalized spacial score (nSPS) is 29.3. The first-order valence-corrected chi connectivity index (χ1v) is 10.5. The van der Waals surface area contributed by atoms with Gasteiger partial charge in [-0.1, -0.05) is 0 Å². The molecule has 2 N–H and O–H groups in total. The minimum Gasteiger partial charge on any atom is -0.444 e. The predicted octanol–water partition coefficient (Wildman–Crippen LogP) is 2.73. The molecule has 0 spiro atoms. The number of ether oxygens (including phenoxy) is 1. The lowest BCUT2D eigenvalue weighted by atomic mass is 9.50. The van der Waals surface area contributed by atoms with Gasteiger partial charge in [-0.25, -0.2) is 9.78 Å². The summed E-state index contributed by atoms with van der Waals surface area (Å²) in [6.45, 7) is 8.60. The van der Waals surface area contributed by atoms with Crippen LogP contribution < -0.4 is 15.5 Å². The van der Waals surface area contributed by atoms with Crippen LogP contribution in [0.3, 0.4) is 0 Å². The van der Waals surface area contributed by atoms with E-state index in [2.05, 4.69) is 21.7 Å². The van der Waals surface area contributed by atoms with Gasteiger partial charge in [0.2, 0.25) is 0 Å². The second-order valence-corrected chi connectivity index (χ2v) is 10.3. The number of nitriles is 1. The Balaban J connectivity index is 1.51. The Morgan fingerprint density at radius 3 is 2.57 bits per heavy atom. The molecule has 5 rings (SSSR count). The molecule has 0 radical (unpaired) electrons. The molecule has 160 valence electrons. The lowest BCUT2D eigenvalue weighted by Crippen LogP contribution is -2.68. The van der Waals surface area contributed by atoms with Gasteiger partial charge in [-0.15, -0.1) is 0 Å². The van der Waals surface area contributed by atoms with Crippen molar-refractivity contribution < 1.29 is 14.3 Å². The van der Waals surface area contributed by atoms with Gasteiger partial charge in [0.05, 0.1) is 16.8 Å². The highest BCUT2D eigenvalue weighted by atomic mass is 16.6. The number of carbonyl (C=O) groups is 2.